The second-order valence-corrected chi connectivity index (χ2v) is 22.5. The molecular weight excluding hydrogens is 1160 g/mol. The molecule has 0 saturated heterocycles. The normalized spacial score (nSPS) is 11.7. The van der Waals surface area contributed by atoms with Crippen molar-refractivity contribution >= 4 is 80.3 Å². The molecule has 0 amide bonds. The van der Waals surface area contributed by atoms with Crippen LogP contribution < -0.4 is 0 Å². The quantitative estimate of drug-likeness (QED) is 0.0245. The van der Waals surface area contributed by atoms with Crippen LogP contribution in [-0.2, 0) is 91.4 Å². The van der Waals surface area contributed by atoms with Crippen LogP contribution in [0.25, 0.3) is 64.6 Å². The van der Waals surface area contributed by atoms with Gasteiger partial charge in [0.25, 0.3) is 0 Å². The summed E-state index contributed by atoms with van der Waals surface area (Å²) in [6, 6.07) is 65.4. The zero-order chi connectivity index (χ0) is 54.6. The number of rotatable bonds is 20. The van der Waals surface area contributed by atoms with Gasteiger partial charge in [-0.2, -0.15) is 4.31 Å². The standard InChI is InChI=1S/2C32H29N3.H4O7P2.2Zn/c2*1-4-19-33-28(11-1)22-35(23-29-12-2-5-20-34-29)21-6-3-8-24-13-14-27-16-15-25-9-7-10-26-17-18-30(24)32(27)31(25)26;1-8(2,3)7-9(4,5)6;;/h2*1-2,4-5,7,9-20H,3,6,8,21-23H2;(H2,1,2,3)(H2,4,5,6);;. The van der Waals surface area contributed by atoms with E-state index in [9.17, 15) is 9.13 Å². The van der Waals surface area contributed by atoms with E-state index < -0.39 is 15.6 Å². The summed E-state index contributed by atoms with van der Waals surface area (Å²) in [5, 5.41) is 16.5. The van der Waals surface area contributed by atoms with E-state index in [1.807, 2.05) is 49.1 Å². The molecule has 0 atom stereocenters. The molecule has 0 saturated carbocycles. The van der Waals surface area contributed by atoms with Crippen molar-refractivity contribution in [3.8, 4) is 0 Å². The second-order valence-electron chi connectivity index (χ2n) is 19.8. The summed E-state index contributed by atoms with van der Waals surface area (Å²) >= 11 is 0. The predicted molar refractivity (Wildman–Crippen MR) is 317 cm³/mol. The molecule has 13 nitrogen and oxygen atoms in total. The van der Waals surface area contributed by atoms with Gasteiger partial charge >= 0.3 is 15.6 Å². The molecule has 0 aliphatic heterocycles. The Morgan fingerprint density at radius 2 is 0.642 bits per heavy atom. The molecule has 0 aliphatic rings. The fourth-order valence-electron chi connectivity index (χ4n) is 10.8. The van der Waals surface area contributed by atoms with E-state index >= 15 is 0 Å². The van der Waals surface area contributed by atoms with Gasteiger partial charge in [0, 0.05) is 89.9 Å². The molecule has 0 radical (unpaired) electrons. The molecule has 0 unspecified atom stereocenters. The molecule has 404 valence electrons. The van der Waals surface area contributed by atoms with E-state index in [1.165, 1.54) is 75.8 Å². The van der Waals surface area contributed by atoms with Crippen LogP contribution in [0.5, 0.6) is 0 Å². The number of hydrogen-bond acceptors (Lipinski definition) is 9. The summed E-state index contributed by atoms with van der Waals surface area (Å²) in [4.78, 5) is 54.1. The summed E-state index contributed by atoms with van der Waals surface area (Å²) < 4.78 is 22.2. The molecule has 12 aromatic rings. The maximum atomic E-state index is 9.63. The van der Waals surface area contributed by atoms with Crippen molar-refractivity contribution in [2.24, 2.45) is 0 Å². The van der Waals surface area contributed by atoms with Gasteiger partial charge in [0.05, 0.1) is 22.8 Å². The van der Waals surface area contributed by atoms with Gasteiger partial charge in [-0.15, -0.1) is 0 Å². The molecule has 0 fully saturated rings. The van der Waals surface area contributed by atoms with Crippen LogP contribution in [0.4, 0.5) is 0 Å². The number of nitrogens with zero attached hydrogens (tertiary/aromatic N) is 6. The molecule has 12 rings (SSSR count). The zero-order valence-electron chi connectivity index (χ0n) is 45.1. The van der Waals surface area contributed by atoms with Crippen molar-refractivity contribution in [3.63, 3.8) is 0 Å². The monoisotopic (exact) mass is 1220 g/mol. The minimum absolute atomic E-state index is 0. The number of pyridine rings is 4. The second kappa shape index (κ2) is 28.7. The van der Waals surface area contributed by atoms with Gasteiger partial charge in [0.1, 0.15) is 0 Å². The molecule has 0 aliphatic carbocycles. The van der Waals surface area contributed by atoms with Gasteiger partial charge in [-0.3, -0.25) is 29.7 Å². The van der Waals surface area contributed by atoms with E-state index in [-0.39, 0.29) is 39.0 Å². The van der Waals surface area contributed by atoms with Crippen molar-refractivity contribution < 1.29 is 72.0 Å². The van der Waals surface area contributed by atoms with Crippen LogP contribution >= 0.6 is 15.6 Å². The van der Waals surface area contributed by atoms with Gasteiger partial charge in [-0.25, -0.2) is 9.13 Å². The van der Waals surface area contributed by atoms with Crippen molar-refractivity contribution in [1.29, 1.82) is 0 Å². The Hall–Kier alpha value is -6.13. The average Bonchev–Trinajstić information content (AvgIpc) is 3.62. The minimum atomic E-state index is -5.05. The molecule has 0 bridgehead atoms. The first-order valence-corrected chi connectivity index (χ1v) is 29.6. The summed E-state index contributed by atoms with van der Waals surface area (Å²) in [6.45, 7) is 5.43. The van der Waals surface area contributed by atoms with Gasteiger partial charge in [0.15, 0.2) is 0 Å². The smallest absolute Gasteiger partial charge is 0.302 e. The summed E-state index contributed by atoms with van der Waals surface area (Å²) in [5.41, 5.74) is 7.34. The Bertz CT molecular complexity index is 3620. The van der Waals surface area contributed by atoms with Crippen molar-refractivity contribution in [2.75, 3.05) is 13.1 Å². The van der Waals surface area contributed by atoms with E-state index in [1.54, 1.807) is 0 Å². The third-order valence-electron chi connectivity index (χ3n) is 14.2. The number of aromatic nitrogens is 4. The maximum Gasteiger partial charge on any atom is 0.478 e. The van der Waals surface area contributed by atoms with Crippen LogP contribution in [0.3, 0.4) is 0 Å². The Kier molecular flexibility index (Phi) is 21.6. The molecule has 4 aromatic heterocycles. The van der Waals surface area contributed by atoms with Gasteiger partial charge in [-0.1, -0.05) is 133 Å². The fourth-order valence-corrected chi connectivity index (χ4v) is 11.9. The minimum Gasteiger partial charge on any atom is -0.302 e. The van der Waals surface area contributed by atoms with Gasteiger partial charge in [0.2, 0.25) is 0 Å². The largest absolute Gasteiger partial charge is 0.478 e. The maximum absolute atomic E-state index is 9.63. The third kappa shape index (κ3) is 16.5. The Morgan fingerprint density at radius 1 is 0.346 bits per heavy atom. The van der Waals surface area contributed by atoms with Gasteiger partial charge in [-0.05, 0) is 176 Å². The van der Waals surface area contributed by atoms with Crippen LogP contribution in [0.1, 0.15) is 59.6 Å². The van der Waals surface area contributed by atoms with E-state index in [2.05, 4.69) is 192 Å². The SMILES string of the molecule is O=P(O)(O)OP(=O)(O)O.[Zn].[Zn].c1ccc(CN(CCCCc2ccc3ccc4cccc5ccc2c3c45)Cc2ccccn2)nc1.c1ccc(CN(CCCCc2ccc3ccc4cccc5ccc2c3c45)Cc2ccccn2)nc1. The first-order valence-electron chi connectivity index (χ1n) is 26.6. The van der Waals surface area contributed by atoms with E-state index in [0.717, 1.165) is 101 Å². The number of phosphoric acid groups is 2. The molecule has 17 heteroatoms. The van der Waals surface area contributed by atoms with Crippen LogP contribution in [0, 0.1) is 0 Å². The zero-order valence-corrected chi connectivity index (χ0v) is 52.8. The van der Waals surface area contributed by atoms with Crippen LogP contribution in [0.2, 0.25) is 0 Å². The number of aryl methyl sites for hydroxylation is 2. The van der Waals surface area contributed by atoms with Crippen LogP contribution in [-0.4, -0.2) is 62.4 Å². The van der Waals surface area contributed by atoms with E-state index in [0.29, 0.717) is 0 Å². The topological polar surface area (TPSA) is 182 Å². The average molecular weight is 1220 g/mol. The Labute approximate surface area is 497 Å². The van der Waals surface area contributed by atoms with Crippen molar-refractivity contribution in [1.82, 2.24) is 29.7 Å². The molecule has 8 aromatic carbocycles. The number of benzene rings is 8. The molecule has 4 heterocycles. The molecule has 0 spiro atoms. The summed E-state index contributed by atoms with van der Waals surface area (Å²) in [7, 11) is -10.1. The Morgan fingerprint density at radius 3 is 0.926 bits per heavy atom. The summed E-state index contributed by atoms with van der Waals surface area (Å²) in [6.07, 6.45) is 14.3. The van der Waals surface area contributed by atoms with Gasteiger partial charge < -0.3 is 19.6 Å². The first kappa shape index (κ1) is 60.9. The predicted octanol–water partition coefficient (Wildman–Crippen LogP) is 14.0. The molecule has 81 heavy (non-hydrogen) atoms. The Balaban J connectivity index is 0.000000181. The third-order valence-corrected chi connectivity index (χ3v) is 15.9. The van der Waals surface area contributed by atoms with Crippen LogP contribution in [0.15, 0.2) is 207 Å². The molecule has 4 N–H and O–H groups in total. The first-order chi connectivity index (χ1) is 38.4. The fraction of sp³-hybridized carbons (Fsp3) is 0.188. The molecular formula is C64H62N6O7P2Zn2. The number of hydrogen-bond donors (Lipinski definition) is 4. The van der Waals surface area contributed by atoms with E-state index in [4.69, 9.17) is 19.6 Å². The van der Waals surface area contributed by atoms with Crippen molar-refractivity contribution in [2.45, 2.75) is 64.7 Å². The summed E-state index contributed by atoms with van der Waals surface area (Å²) in [5.74, 6) is 0. The van der Waals surface area contributed by atoms with Crippen molar-refractivity contribution in [3.05, 3.63) is 241 Å². The number of unbranched alkanes of at least 4 members (excludes halogenated alkanes) is 2.